The highest BCUT2D eigenvalue weighted by atomic mass is 32.2. The molecule has 2 unspecified atom stereocenters. The molecule has 2 aliphatic carbocycles. The lowest BCUT2D eigenvalue weighted by molar-refractivity contribution is 0.328. The Hall–Kier alpha value is -3.29. The number of benzene rings is 1. The molecule has 6 rings (SSSR count). The summed E-state index contributed by atoms with van der Waals surface area (Å²) >= 11 is 1.50. The molecule has 3 aromatic rings. The van der Waals surface area contributed by atoms with Gasteiger partial charge in [-0.3, -0.25) is 0 Å². The van der Waals surface area contributed by atoms with Gasteiger partial charge in [-0.05, 0) is 73.4 Å². The number of nitrogens with one attached hydrogen (secondary N) is 1. The first-order chi connectivity index (χ1) is 19.3. The minimum Gasteiger partial charge on any atom is -0.368 e. The zero-order valence-electron chi connectivity index (χ0n) is 23.3. The van der Waals surface area contributed by atoms with Gasteiger partial charge in [-0.1, -0.05) is 49.9 Å². The maximum atomic E-state index is 14.3. The molecule has 1 aliphatic heterocycles. The SMILES string of the molecule is C=C(C1=CC(C)CC=C1)N1CCN(c2ccc(S(=O)(=O)C(c3cccs3)c3c(C)[nH]c4c3=CCCC=4)cc2)CC1. The van der Waals surface area contributed by atoms with Crippen LogP contribution >= 0.6 is 11.3 Å². The molecule has 40 heavy (non-hydrogen) atoms. The van der Waals surface area contributed by atoms with E-state index < -0.39 is 15.1 Å². The molecule has 0 bridgehead atoms. The lowest BCUT2D eigenvalue weighted by atomic mass is 9.96. The first kappa shape index (κ1) is 26.9. The molecular formula is C33H37N3O2S2. The van der Waals surface area contributed by atoms with Crippen molar-refractivity contribution in [1.29, 1.82) is 0 Å². The molecule has 0 amide bonds. The fourth-order valence-electron chi connectivity index (χ4n) is 6.18. The first-order valence-electron chi connectivity index (χ1n) is 14.2. The van der Waals surface area contributed by atoms with E-state index in [4.69, 9.17) is 0 Å². The molecule has 1 aromatic carbocycles. The maximum absolute atomic E-state index is 14.3. The van der Waals surface area contributed by atoms with Crippen LogP contribution in [0.25, 0.3) is 12.2 Å². The Labute approximate surface area is 241 Å². The smallest absolute Gasteiger partial charge is 0.190 e. The van der Waals surface area contributed by atoms with Crippen LogP contribution in [-0.4, -0.2) is 44.5 Å². The van der Waals surface area contributed by atoms with Crippen molar-refractivity contribution in [2.75, 3.05) is 31.1 Å². The number of rotatable bonds is 7. The van der Waals surface area contributed by atoms with Crippen LogP contribution in [0, 0.1) is 12.8 Å². The number of nitrogens with zero attached hydrogens (tertiary/aromatic N) is 2. The zero-order chi connectivity index (χ0) is 27.9. The average molecular weight is 572 g/mol. The van der Waals surface area contributed by atoms with Gasteiger partial charge in [0.2, 0.25) is 0 Å². The highest BCUT2D eigenvalue weighted by molar-refractivity contribution is 7.92. The summed E-state index contributed by atoms with van der Waals surface area (Å²) in [5.74, 6) is 0.551. The summed E-state index contributed by atoms with van der Waals surface area (Å²) in [5.41, 5.74) is 5.19. The van der Waals surface area contributed by atoms with E-state index >= 15 is 0 Å². The molecule has 1 saturated heterocycles. The second-order valence-electron chi connectivity index (χ2n) is 11.1. The van der Waals surface area contributed by atoms with Crippen molar-refractivity contribution in [1.82, 2.24) is 9.88 Å². The van der Waals surface area contributed by atoms with Crippen molar-refractivity contribution in [3.05, 3.63) is 105 Å². The number of hydrogen-bond acceptors (Lipinski definition) is 5. The largest absolute Gasteiger partial charge is 0.368 e. The molecular weight excluding hydrogens is 535 g/mol. The van der Waals surface area contributed by atoms with Gasteiger partial charge in [0.15, 0.2) is 9.84 Å². The fourth-order valence-corrected chi connectivity index (χ4v) is 9.23. The Balaban J connectivity index is 1.23. The molecule has 208 valence electrons. The third-order valence-electron chi connectivity index (χ3n) is 8.34. The van der Waals surface area contributed by atoms with Gasteiger partial charge in [0, 0.05) is 64.3 Å². The Morgan fingerprint density at radius 3 is 2.52 bits per heavy atom. The van der Waals surface area contributed by atoms with Crippen LogP contribution in [0.15, 0.2) is 82.8 Å². The van der Waals surface area contributed by atoms with E-state index in [1.165, 1.54) is 16.9 Å². The number of piperazine rings is 1. The fraction of sp³-hybridized carbons (Fsp3) is 0.333. The highest BCUT2D eigenvalue weighted by Crippen LogP contribution is 2.37. The molecule has 1 fully saturated rings. The number of thiophene rings is 1. The van der Waals surface area contributed by atoms with Crippen molar-refractivity contribution < 1.29 is 8.42 Å². The molecule has 1 N–H and O–H groups in total. The Bertz CT molecular complexity index is 1690. The predicted octanol–water partition coefficient (Wildman–Crippen LogP) is 5.46. The molecule has 5 nitrogen and oxygen atoms in total. The summed E-state index contributed by atoms with van der Waals surface area (Å²) < 4.78 is 28.5. The molecule has 0 radical (unpaired) electrons. The molecule has 3 heterocycles. The van der Waals surface area contributed by atoms with Crippen molar-refractivity contribution in [2.24, 2.45) is 5.92 Å². The average Bonchev–Trinajstić information content (AvgIpc) is 3.61. The van der Waals surface area contributed by atoms with Crippen LogP contribution in [0.2, 0.25) is 0 Å². The number of aryl methyl sites for hydroxylation is 1. The normalized spacial score (nSPS) is 19.9. The quantitative estimate of drug-likeness (QED) is 0.409. The van der Waals surface area contributed by atoms with Crippen LogP contribution in [0.3, 0.4) is 0 Å². The molecule has 0 saturated carbocycles. The van der Waals surface area contributed by atoms with E-state index in [9.17, 15) is 8.42 Å². The van der Waals surface area contributed by atoms with Crippen molar-refractivity contribution in [3.8, 4) is 0 Å². The highest BCUT2D eigenvalue weighted by Gasteiger charge is 2.35. The van der Waals surface area contributed by atoms with Crippen LogP contribution in [0.4, 0.5) is 5.69 Å². The van der Waals surface area contributed by atoms with Gasteiger partial charge in [-0.25, -0.2) is 8.42 Å². The molecule has 2 atom stereocenters. The third kappa shape index (κ3) is 5.01. The minimum atomic E-state index is -3.68. The first-order valence-corrected chi connectivity index (χ1v) is 16.6. The molecule has 2 aromatic heterocycles. The number of aromatic amines is 1. The van der Waals surface area contributed by atoms with Gasteiger partial charge in [-0.2, -0.15) is 0 Å². The summed E-state index contributed by atoms with van der Waals surface area (Å²) in [6, 6.07) is 11.4. The van der Waals surface area contributed by atoms with E-state index in [-0.39, 0.29) is 0 Å². The monoisotopic (exact) mass is 571 g/mol. The Kier molecular flexibility index (Phi) is 7.36. The number of allylic oxidation sites excluding steroid dienone is 3. The van der Waals surface area contributed by atoms with Crippen LogP contribution in [0.5, 0.6) is 0 Å². The summed E-state index contributed by atoms with van der Waals surface area (Å²) in [7, 11) is -3.68. The predicted molar refractivity (Wildman–Crippen MR) is 167 cm³/mol. The zero-order valence-corrected chi connectivity index (χ0v) is 24.9. The molecule has 3 aliphatic rings. The van der Waals surface area contributed by atoms with E-state index in [1.807, 2.05) is 36.6 Å². The van der Waals surface area contributed by atoms with E-state index in [0.717, 1.165) is 83.5 Å². The Morgan fingerprint density at radius 2 is 1.82 bits per heavy atom. The Morgan fingerprint density at radius 1 is 1.07 bits per heavy atom. The van der Waals surface area contributed by atoms with Crippen molar-refractivity contribution in [2.45, 2.75) is 43.3 Å². The summed E-state index contributed by atoms with van der Waals surface area (Å²) in [6.45, 7) is 12.1. The topological polar surface area (TPSA) is 56.4 Å². The second kappa shape index (κ2) is 10.9. The number of H-pyrrole nitrogens is 1. The number of fused-ring (bicyclic) bond motifs is 1. The van der Waals surface area contributed by atoms with Gasteiger partial charge in [0.1, 0.15) is 5.25 Å². The van der Waals surface area contributed by atoms with Gasteiger partial charge in [-0.15, -0.1) is 11.3 Å². The lowest BCUT2D eigenvalue weighted by Crippen LogP contribution is -2.46. The maximum Gasteiger partial charge on any atom is 0.190 e. The number of sulfone groups is 1. The second-order valence-corrected chi connectivity index (χ2v) is 14.1. The van der Waals surface area contributed by atoms with E-state index in [2.05, 4.69) is 58.7 Å². The van der Waals surface area contributed by atoms with Gasteiger partial charge >= 0.3 is 0 Å². The number of aromatic nitrogens is 1. The summed E-state index contributed by atoms with van der Waals surface area (Å²) in [6.07, 6.45) is 14.1. The minimum absolute atomic E-state index is 0.362. The van der Waals surface area contributed by atoms with Gasteiger partial charge < -0.3 is 14.8 Å². The summed E-state index contributed by atoms with van der Waals surface area (Å²) in [5, 5.41) is 3.30. The van der Waals surface area contributed by atoms with Crippen LogP contribution < -0.4 is 15.5 Å². The summed E-state index contributed by atoms with van der Waals surface area (Å²) in [4.78, 5) is 9.36. The standard InChI is InChI=1S/C33H37N3O2S2/c1-23-8-6-9-26(22-23)25(3)35-17-19-36(20-18-35)27-13-15-28(16-14-27)40(37,38)33(31-12-7-21-39-31)32-24(2)34-30-11-5-4-10-29(30)32/h6-7,9-16,21-23,33-34H,3-5,8,17-20H2,1-2H3. The van der Waals surface area contributed by atoms with Gasteiger partial charge in [0.05, 0.1) is 4.90 Å². The van der Waals surface area contributed by atoms with Crippen molar-refractivity contribution >= 4 is 39.0 Å². The van der Waals surface area contributed by atoms with Crippen LogP contribution in [0.1, 0.15) is 47.6 Å². The van der Waals surface area contributed by atoms with Crippen LogP contribution in [-0.2, 0) is 9.84 Å². The number of hydrogen-bond donors (Lipinski definition) is 1. The lowest BCUT2D eigenvalue weighted by Gasteiger charge is -2.39. The molecule has 0 spiro atoms. The van der Waals surface area contributed by atoms with E-state index in [1.54, 1.807) is 12.1 Å². The third-order valence-corrected chi connectivity index (χ3v) is 11.5. The molecule has 7 heteroatoms. The number of anilines is 1. The van der Waals surface area contributed by atoms with E-state index in [0.29, 0.717) is 10.8 Å². The van der Waals surface area contributed by atoms with Gasteiger partial charge in [0.25, 0.3) is 0 Å². The van der Waals surface area contributed by atoms with Crippen molar-refractivity contribution in [3.63, 3.8) is 0 Å².